The van der Waals surface area contributed by atoms with Gasteiger partial charge in [0.2, 0.25) is 5.95 Å². The number of anilines is 2. The van der Waals surface area contributed by atoms with Crippen LogP contribution in [-0.4, -0.2) is 43.6 Å². The van der Waals surface area contributed by atoms with Crippen molar-refractivity contribution in [3.8, 4) is 11.3 Å². The van der Waals surface area contributed by atoms with Gasteiger partial charge < -0.3 is 10.6 Å². The van der Waals surface area contributed by atoms with Crippen LogP contribution in [0.25, 0.3) is 27.9 Å². The zero-order chi connectivity index (χ0) is 15.8. The third-order valence-corrected chi connectivity index (χ3v) is 3.58. The zero-order valence-electron chi connectivity index (χ0n) is 12.6. The second kappa shape index (κ2) is 5.16. The van der Waals surface area contributed by atoms with E-state index < -0.39 is 0 Å². The first kappa shape index (κ1) is 13.4. The van der Waals surface area contributed by atoms with Crippen LogP contribution in [0.15, 0.2) is 36.8 Å². The van der Waals surface area contributed by atoms with Crippen LogP contribution < -0.4 is 10.6 Å². The van der Waals surface area contributed by atoms with Crippen molar-refractivity contribution in [2.45, 2.75) is 0 Å². The Morgan fingerprint density at radius 1 is 0.957 bits per heavy atom. The number of hydrogen-bond donors (Lipinski definition) is 2. The van der Waals surface area contributed by atoms with Gasteiger partial charge in [-0.05, 0) is 18.2 Å². The average Bonchev–Trinajstić information content (AvgIpc) is 3.04. The van der Waals surface area contributed by atoms with E-state index in [1.807, 2.05) is 31.4 Å². The Morgan fingerprint density at radius 2 is 1.83 bits per heavy atom. The third kappa shape index (κ3) is 2.11. The maximum absolute atomic E-state index is 4.60. The molecule has 0 atom stereocenters. The highest BCUT2D eigenvalue weighted by Gasteiger charge is 2.14. The Bertz CT molecular complexity index is 1010. The fourth-order valence-corrected chi connectivity index (χ4v) is 2.52. The van der Waals surface area contributed by atoms with E-state index in [4.69, 9.17) is 0 Å². The van der Waals surface area contributed by atoms with Crippen LogP contribution in [-0.2, 0) is 0 Å². The van der Waals surface area contributed by atoms with Gasteiger partial charge in [-0.2, -0.15) is 4.98 Å². The summed E-state index contributed by atoms with van der Waals surface area (Å²) in [6.07, 6.45) is 5.18. The molecule has 0 fully saturated rings. The van der Waals surface area contributed by atoms with E-state index in [0.717, 1.165) is 28.1 Å². The molecule has 0 amide bonds. The molecule has 0 bridgehead atoms. The first-order valence-electron chi connectivity index (χ1n) is 7.13. The predicted octanol–water partition coefficient (Wildman–Crippen LogP) is 1.82. The topological polar surface area (TPSA) is 92.9 Å². The second-order valence-corrected chi connectivity index (χ2v) is 4.90. The van der Waals surface area contributed by atoms with Gasteiger partial charge >= 0.3 is 0 Å². The molecule has 0 spiro atoms. The van der Waals surface area contributed by atoms with E-state index >= 15 is 0 Å². The average molecular weight is 306 g/mol. The molecule has 2 N–H and O–H groups in total. The van der Waals surface area contributed by atoms with E-state index in [1.165, 1.54) is 0 Å². The van der Waals surface area contributed by atoms with Crippen LogP contribution in [0.2, 0.25) is 0 Å². The van der Waals surface area contributed by atoms with Crippen LogP contribution in [0.4, 0.5) is 11.8 Å². The third-order valence-electron chi connectivity index (χ3n) is 3.58. The minimum atomic E-state index is 0.543. The molecule has 0 radical (unpaired) electrons. The monoisotopic (exact) mass is 306 g/mol. The summed E-state index contributed by atoms with van der Waals surface area (Å²) in [5.41, 5.74) is 3.98. The molecule has 0 saturated heterocycles. The summed E-state index contributed by atoms with van der Waals surface area (Å²) in [7, 11) is 3.62. The van der Waals surface area contributed by atoms with Gasteiger partial charge in [0.05, 0.1) is 5.69 Å². The molecule has 8 nitrogen and oxygen atoms in total. The van der Waals surface area contributed by atoms with Crippen molar-refractivity contribution in [1.29, 1.82) is 0 Å². The van der Waals surface area contributed by atoms with Crippen molar-refractivity contribution in [1.82, 2.24) is 29.5 Å². The first-order valence-corrected chi connectivity index (χ1v) is 7.13. The van der Waals surface area contributed by atoms with Gasteiger partial charge in [0.15, 0.2) is 11.5 Å². The van der Waals surface area contributed by atoms with E-state index in [0.29, 0.717) is 11.6 Å². The SMILES string of the molecule is CNc1nc(NC)c2c(-c3ccc4nccnc4n3)ccn2n1. The quantitative estimate of drug-likeness (QED) is 0.596. The molecule has 0 aliphatic carbocycles. The number of rotatable bonds is 3. The highest BCUT2D eigenvalue weighted by molar-refractivity contribution is 5.89. The predicted molar refractivity (Wildman–Crippen MR) is 88.4 cm³/mol. The summed E-state index contributed by atoms with van der Waals surface area (Å²) in [6.45, 7) is 0. The smallest absolute Gasteiger partial charge is 0.242 e. The summed E-state index contributed by atoms with van der Waals surface area (Å²) in [4.78, 5) is 17.6. The number of fused-ring (bicyclic) bond motifs is 2. The van der Waals surface area contributed by atoms with Gasteiger partial charge in [0.25, 0.3) is 0 Å². The van der Waals surface area contributed by atoms with Gasteiger partial charge in [-0.1, -0.05) is 0 Å². The fraction of sp³-hybridized carbons (Fsp3) is 0.133. The standard InChI is InChI=1S/C15H14N8/c1-16-14-12-9(5-8-23(12)22-15(17-2)21-14)10-3-4-11-13(20-10)19-7-6-18-11/h3-8H,1-2H3,(H2,16,17,21,22). The molecule has 23 heavy (non-hydrogen) atoms. The van der Waals surface area contributed by atoms with E-state index in [9.17, 15) is 0 Å². The summed E-state index contributed by atoms with van der Waals surface area (Å²) >= 11 is 0. The number of aromatic nitrogens is 6. The minimum absolute atomic E-state index is 0.543. The van der Waals surface area contributed by atoms with Crippen molar-refractivity contribution in [3.05, 3.63) is 36.8 Å². The Hall–Kier alpha value is -3.29. The molecule has 4 rings (SSSR count). The molecule has 0 saturated carbocycles. The molecule has 8 heteroatoms. The van der Waals surface area contributed by atoms with Crippen LogP contribution in [0.1, 0.15) is 0 Å². The van der Waals surface area contributed by atoms with E-state index in [1.54, 1.807) is 24.0 Å². The second-order valence-electron chi connectivity index (χ2n) is 4.90. The van der Waals surface area contributed by atoms with Crippen molar-refractivity contribution < 1.29 is 0 Å². The molecular formula is C15H14N8. The Labute approximate surface area is 131 Å². The molecule has 4 heterocycles. The Balaban J connectivity index is 1.97. The number of nitrogens with one attached hydrogen (secondary N) is 2. The maximum Gasteiger partial charge on any atom is 0.242 e. The van der Waals surface area contributed by atoms with Crippen LogP contribution in [0.5, 0.6) is 0 Å². The lowest BCUT2D eigenvalue weighted by molar-refractivity contribution is 0.910. The molecule has 0 aromatic carbocycles. The molecule has 4 aromatic heterocycles. The Morgan fingerprint density at radius 3 is 2.65 bits per heavy atom. The summed E-state index contributed by atoms with van der Waals surface area (Å²) in [5, 5.41) is 10.5. The van der Waals surface area contributed by atoms with Gasteiger partial charge in [0, 0.05) is 38.2 Å². The molecule has 114 valence electrons. The van der Waals surface area contributed by atoms with E-state index in [2.05, 4.69) is 35.7 Å². The molecule has 0 unspecified atom stereocenters. The van der Waals surface area contributed by atoms with Gasteiger partial charge in [-0.3, -0.25) is 4.98 Å². The highest BCUT2D eigenvalue weighted by Crippen LogP contribution is 2.29. The van der Waals surface area contributed by atoms with Gasteiger partial charge in [0.1, 0.15) is 11.0 Å². The molecular weight excluding hydrogens is 292 g/mol. The van der Waals surface area contributed by atoms with E-state index in [-0.39, 0.29) is 0 Å². The lowest BCUT2D eigenvalue weighted by atomic mass is 10.2. The minimum Gasteiger partial charge on any atom is -0.371 e. The lowest BCUT2D eigenvalue weighted by Gasteiger charge is -2.08. The number of nitrogens with zero attached hydrogens (tertiary/aromatic N) is 6. The Kier molecular flexibility index (Phi) is 3.00. The van der Waals surface area contributed by atoms with Crippen molar-refractivity contribution in [3.63, 3.8) is 0 Å². The van der Waals surface area contributed by atoms with Gasteiger partial charge in [-0.15, -0.1) is 5.10 Å². The molecule has 4 aromatic rings. The number of hydrogen-bond acceptors (Lipinski definition) is 7. The first-order chi connectivity index (χ1) is 11.3. The lowest BCUT2D eigenvalue weighted by Crippen LogP contribution is -2.05. The summed E-state index contributed by atoms with van der Waals surface area (Å²) in [5.74, 6) is 1.27. The summed E-state index contributed by atoms with van der Waals surface area (Å²) in [6, 6.07) is 5.81. The van der Waals surface area contributed by atoms with Crippen LogP contribution in [0.3, 0.4) is 0 Å². The number of pyridine rings is 1. The van der Waals surface area contributed by atoms with Gasteiger partial charge in [-0.25, -0.2) is 14.5 Å². The van der Waals surface area contributed by atoms with Crippen molar-refractivity contribution in [2.24, 2.45) is 0 Å². The molecule has 0 aliphatic heterocycles. The maximum atomic E-state index is 4.60. The zero-order valence-corrected chi connectivity index (χ0v) is 12.6. The van der Waals surface area contributed by atoms with Crippen molar-refractivity contribution in [2.75, 3.05) is 24.7 Å². The summed E-state index contributed by atoms with van der Waals surface area (Å²) < 4.78 is 1.78. The largest absolute Gasteiger partial charge is 0.371 e. The highest BCUT2D eigenvalue weighted by atomic mass is 15.3. The van der Waals surface area contributed by atoms with Crippen LogP contribution >= 0.6 is 0 Å². The van der Waals surface area contributed by atoms with Crippen molar-refractivity contribution >= 4 is 28.4 Å². The van der Waals surface area contributed by atoms with Crippen LogP contribution in [0, 0.1) is 0 Å². The fourth-order valence-electron chi connectivity index (χ4n) is 2.52. The normalized spacial score (nSPS) is 11.0. The molecule has 0 aliphatic rings.